The van der Waals surface area contributed by atoms with Crippen molar-refractivity contribution in [1.82, 2.24) is 15.1 Å². The van der Waals surface area contributed by atoms with Crippen molar-refractivity contribution in [2.75, 3.05) is 20.3 Å². The molecule has 1 aliphatic carbocycles. The van der Waals surface area contributed by atoms with Crippen molar-refractivity contribution in [1.29, 1.82) is 0 Å². The number of nitrogens with zero attached hydrogens (tertiary/aromatic N) is 2. The molecule has 2 atom stereocenters. The largest absolute Gasteiger partial charge is 0.453 e. The second-order valence-electron chi connectivity index (χ2n) is 8.66. The van der Waals surface area contributed by atoms with E-state index in [2.05, 4.69) is 47.5 Å². The van der Waals surface area contributed by atoms with Gasteiger partial charge < -0.3 is 14.4 Å². The van der Waals surface area contributed by atoms with E-state index in [1.165, 1.54) is 12.7 Å². The van der Waals surface area contributed by atoms with Crippen molar-refractivity contribution in [2.45, 2.75) is 69.4 Å². The van der Waals surface area contributed by atoms with Crippen LogP contribution >= 0.6 is 0 Å². The van der Waals surface area contributed by atoms with Gasteiger partial charge in [-0.25, -0.2) is 4.79 Å². The van der Waals surface area contributed by atoms with Gasteiger partial charge in [0.2, 0.25) is 0 Å². The second-order valence-corrected chi connectivity index (χ2v) is 8.66. The zero-order valence-corrected chi connectivity index (χ0v) is 18.0. The molecule has 4 rings (SSSR count). The maximum atomic E-state index is 12.5. The fourth-order valence-electron chi connectivity index (χ4n) is 5.20. The molecule has 2 aliphatic rings. The molecule has 1 aromatic carbocycles. The number of H-pyrrole nitrogens is 1. The van der Waals surface area contributed by atoms with Crippen molar-refractivity contribution < 1.29 is 14.3 Å². The SMILES string of the molecule is COC(=O)N1CCC[C@H](c2[nH]ncc2C)[C@@H]1COC1CCC(c2ccccc2)CC1. The van der Waals surface area contributed by atoms with E-state index in [0.717, 1.165) is 49.8 Å². The minimum Gasteiger partial charge on any atom is -0.453 e. The van der Waals surface area contributed by atoms with Crippen LogP contribution in [0.2, 0.25) is 0 Å². The highest BCUT2D eigenvalue weighted by atomic mass is 16.5. The quantitative estimate of drug-likeness (QED) is 0.769. The van der Waals surface area contributed by atoms with E-state index >= 15 is 0 Å². The van der Waals surface area contributed by atoms with E-state index in [4.69, 9.17) is 9.47 Å². The number of methoxy groups -OCH3 is 1. The summed E-state index contributed by atoms with van der Waals surface area (Å²) in [4.78, 5) is 14.3. The summed E-state index contributed by atoms with van der Waals surface area (Å²) in [6.07, 6.45) is 8.27. The average molecular weight is 412 g/mol. The monoisotopic (exact) mass is 411 g/mol. The lowest BCUT2D eigenvalue weighted by Crippen LogP contribution is -2.50. The molecule has 2 fully saturated rings. The topological polar surface area (TPSA) is 67.5 Å². The third-order valence-electron chi connectivity index (χ3n) is 6.87. The van der Waals surface area contributed by atoms with Gasteiger partial charge in [0.25, 0.3) is 0 Å². The number of ether oxygens (including phenoxy) is 2. The Balaban J connectivity index is 1.40. The number of aromatic nitrogens is 2. The van der Waals surface area contributed by atoms with Crippen LogP contribution in [0.1, 0.15) is 67.2 Å². The molecule has 1 N–H and O–H groups in total. The number of hydrogen-bond donors (Lipinski definition) is 1. The summed E-state index contributed by atoms with van der Waals surface area (Å²) in [6, 6.07) is 10.8. The number of aromatic amines is 1. The Morgan fingerprint density at radius 2 is 1.93 bits per heavy atom. The van der Waals surface area contributed by atoms with E-state index < -0.39 is 0 Å². The molecule has 1 saturated carbocycles. The van der Waals surface area contributed by atoms with Crippen LogP contribution in [0, 0.1) is 6.92 Å². The lowest BCUT2D eigenvalue weighted by atomic mass is 9.82. The first kappa shape index (κ1) is 20.9. The molecule has 2 heterocycles. The van der Waals surface area contributed by atoms with E-state index in [1.54, 1.807) is 0 Å². The van der Waals surface area contributed by atoms with Gasteiger partial charge in [-0.15, -0.1) is 0 Å². The number of piperidine rings is 1. The highest BCUT2D eigenvalue weighted by Gasteiger charge is 2.38. The first-order chi connectivity index (χ1) is 14.7. The highest BCUT2D eigenvalue weighted by Crippen LogP contribution is 2.36. The predicted octanol–water partition coefficient (Wildman–Crippen LogP) is 4.78. The summed E-state index contributed by atoms with van der Waals surface area (Å²) < 4.78 is 11.5. The Labute approximate surface area is 178 Å². The Bertz CT molecular complexity index is 814. The van der Waals surface area contributed by atoms with E-state index in [0.29, 0.717) is 19.1 Å². The van der Waals surface area contributed by atoms with Gasteiger partial charge in [-0.2, -0.15) is 5.10 Å². The first-order valence-corrected chi connectivity index (χ1v) is 11.2. The number of benzene rings is 1. The van der Waals surface area contributed by atoms with Crippen molar-refractivity contribution in [3.8, 4) is 0 Å². The molecular formula is C24H33N3O3. The molecule has 30 heavy (non-hydrogen) atoms. The van der Waals surface area contributed by atoms with Gasteiger partial charge in [-0.05, 0) is 62.5 Å². The van der Waals surface area contributed by atoms with E-state index in [1.807, 2.05) is 11.1 Å². The summed E-state index contributed by atoms with van der Waals surface area (Å²) in [5.41, 5.74) is 3.69. The fourth-order valence-corrected chi connectivity index (χ4v) is 5.20. The van der Waals surface area contributed by atoms with Crippen LogP contribution in [0.5, 0.6) is 0 Å². The Morgan fingerprint density at radius 3 is 2.60 bits per heavy atom. The molecule has 0 spiro atoms. The van der Waals surface area contributed by atoms with Gasteiger partial charge >= 0.3 is 6.09 Å². The number of nitrogens with one attached hydrogen (secondary N) is 1. The standard InChI is InChI=1S/C24H33N3O3/c1-17-15-25-26-23(17)21-9-6-14-27(24(28)29-2)22(21)16-30-20-12-10-19(11-13-20)18-7-4-3-5-8-18/h3-5,7-8,15,19-22H,6,9-14,16H2,1-2H3,(H,25,26)/t19?,20?,21-,22-/m0/s1. The smallest absolute Gasteiger partial charge is 0.409 e. The molecule has 1 saturated heterocycles. The van der Waals surface area contributed by atoms with Crippen LogP contribution in [0.25, 0.3) is 0 Å². The van der Waals surface area contributed by atoms with Gasteiger partial charge in [0.1, 0.15) is 0 Å². The van der Waals surface area contributed by atoms with E-state index in [9.17, 15) is 4.79 Å². The van der Waals surface area contributed by atoms with Gasteiger partial charge in [0, 0.05) is 18.2 Å². The lowest BCUT2D eigenvalue weighted by Gasteiger charge is -2.41. The van der Waals surface area contributed by atoms with Crippen LogP contribution in [-0.2, 0) is 9.47 Å². The van der Waals surface area contributed by atoms with Crippen LogP contribution in [0.15, 0.2) is 36.5 Å². The van der Waals surface area contributed by atoms with Crippen LogP contribution in [0.3, 0.4) is 0 Å². The zero-order valence-electron chi connectivity index (χ0n) is 18.0. The van der Waals surface area contributed by atoms with Gasteiger partial charge in [0.15, 0.2) is 0 Å². The van der Waals surface area contributed by atoms with Crippen molar-refractivity contribution in [2.24, 2.45) is 0 Å². The molecule has 0 radical (unpaired) electrons. The Kier molecular flexibility index (Phi) is 6.72. The summed E-state index contributed by atoms with van der Waals surface area (Å²) in [7, 11) is 1.45. The van der Waals surface area contributed by atoms with Crippen molar-refractivity contribution in [3.63, 3.8) is 0 Å². The summed E-state index contributed by atoms with van der Waals surface area (Å²) in [5.74, 6) is 0.827. The molecule has 2 aromatic rings. The fraction of sp³-hybridized carbons (Fsp3) is 0.583. The maximum Gasteiger partial charge on any atom is 0.409 e. The van der Waals surface area contributed by atoms with Gasteiger partial charge in [-0.3, -0.25) is 5.10 Å². The molecule has 6 nitrogen and oxygen atoms in total. The summed E-state index contributed by atoms with van der Waals surface area (Å²) in [6.45, 7) is 3.32. The molecule has 162 valence electrons. The number of aryl methyl sites for hydroxylation is 1. The average Bonchev–Trinajstić information content (AvgIpc) is 3.23. The number of amides is 1. The van der Waals surface area contributed by atoms with Gasteiger partial charge in [-0.1, -0.05) is 30.3 Å². The highest BCUT2D eigenvalue weighted by molar-refractivity contribution is 5.68. The lowest BCUT2D eigenvalue weighted by molar-refractivity contribution is -0.0242. The second kappa shape index (κ2) is 9.65. The van der Waals surface area contributed by atoms with Crippen molar-refractivity contribution in [3.05, 3.63) is 53.3 Å². The third-order valence-corrected chi connectivity index (χ3v) is 6.87. The molecular weight excluding hydrogens is 378 g/mol. The molecule has 0 bridgehead atoms. The minimum atomic E-state index is -0.266. The molecule has 1 amide bonds. The maximum absolute atomic E-state index is 12.5. The van der Waals surface area contributed by atoms with E-state index in [-0.39, 0.29) is 24.2 Å². The summed E-state index contributed by atoms with van der Waals surface area (Å²) in [5, 5.41) is 7.37. The third kappa shape index (κ3) is 4.53. The molecule has 6 heteroatoms. The van der Waals surface area contributed by atoms with Crippen molar-refractivity contribution >= 4 is 6.09 Å². The molecule has 1 aromatic heterocycles. The van der Waals surface area contributed by atoms with Crippen LogP contribution in [-0.4, -0.2) is 53.6 Å². The Hall–Kier alpha value is -2.34. The number of carbonyl (C=O) groups excluding carboxylic acids is 1. The van der Waals surface area contributed by atoms with Crippen LogP contribution < -0.4 is 0 Å². The normalized spacial score (nSPS) is 27.1. The van der Waals surface area contributed by atoms with Gasteiger partial charge in [0.05, 0.1) is 32.1 Å². The molecule has 0 unspecified atom stereocenters. The number of rotatable bonds is 5. The molecule has 1 aliphatic heterocycles. The number of carbonyl (C=O) groups is 1. The zero-order chi connectivity index (χ0) is 20.9. The Morgan fingerprint density at radius 1 is 1.17 bits per heavy atom. The minimum absolute atomic E-state index is 0.0304. The first-order valence-electron chi connectivity index (χ1n) is 11.2. The predicted molar refractivity (Wildman–Crippen MR) is 116 cm³/mol. The summed E-state index contributed by atoms with van der Waals surface area (Å²) >= 11 is 0. The van der Waals surface area contributed by atoms with Crippen LogP contribution in [0.4, 0.5) is 4.79 Å². The number of hydrogen-bond acceptors (Lipinski definition) is 4. The number of likely N-dealkylation sites (tertiary alicyclic amines) is 1.